The zero-order chi connectivity index (χ0) is 14.5. The molecule has 0 fully saturated rings. The maximum atomic E-state index is 11.5. The second kappa shape index (κ2) is 6.21. The van der Waals surface area contributed by atoms with Crippen molar-refractivity contribution in [1.82, 2.24) is 10.5 Å². The van der Waals surface area contributed by atoms with Crippen LogP contribution in [-0.4, -0.2) is 28.8 Å². The Balaban J connectivity index is 2.36. The van der Waals surface area contributed by atoms with Crippen LogP contribution in [0, 0.1) is 0 Å². The van der Waals surface area contributed by atoms with Gasteiger partial charge in [-0.2, -0.15) is 0 Å². The van der Waals surface area contributed by atoms with Gasteiger partial charge >= 0.3 is 12.0 Å². The van der Waals surface area contributed by atoms with Gasteiger partial charge in [-0.1, -0.05) is 25.9 Å². The summed E-state index contributed by atoms with van der Waals surface area (Å²) >= 11 is 0. The third kappa shape index (κ3) is 5.41. The lowest BCUT2D eigenvalue weighted by Gasteiger charge is -2.12. The van der Waals surface area contributed by atoms with Gasteiger partial charge in [-0.3, -0.25) is 10.1 Å². The first-order valence-electron chi connectivity index (χ1n) is 6.03. The quantitative estimate of drug-likeness (QED) is 0.709. The number of carbonyl (C=O) groups is 2. The molecule has 1 aromatic heterocycles. The van der Waals surface area contributed by atoms with E-state index in [1.54, 1.807) is 6.07 Å². The van der Waals surface area contributed by atoms with Crippen LogP contribution in [0.2, 0.25) is 0 Å². The molecule has 7 heteroatoms. The molecule has 19 heavy (non-hydrogen) atoms. The molecule has 0 unspecified atom stereocenters. The molecule has 0 bridgehead atoms. The number of aromatic nitrogens is 1. The van der Waals surface area contributed by atoms with Crippen LogP contribution in [0.5, 0.6) is 0 Å². The van der Waals surface area contributed by atoms with E-state index in [0.717, 1.165) is 0 Å². The molecule has 0 aliphatic rings. The minimum atomic E-state index is -0.881. The monoisotopic (exact) mass is 269 g/mol. The fourth-order valence-corrected chi connectivity index (χ4v) is 1.29. The Hall–Kier alpha value is -2.05. The molecular weight excluding hydrogens is 250 g/mol. The average Bonchev–Trinajstić information content (AvgIpc) is 2.72. The van der Waals surface area contributed by atoms with Crippen LogP contribution in [0.15, 0.2) is 10.6 Å². The molecule has 3 N–H and O–H groups in total. The third-order valence-electron chi connectivity index (χ3n) is 2.34. The summed E-state index contributed by atoms with van der Waals surface area (Å²) in [6, 6.07) is 1.23. The second-order valence-corrected chi connectivity index (χ2v) is 5.20. The van der Waals surface area contributed by atoms with Crippen molar-refractivity contribution in [1.29, 1.82) is 0 Å². The van der Waals surface area contributed by atoms with Gasteiger partial charge in [0.25, 0.3) is 0 Å². The summed E-state index contributed by atoms with van der Waals surface area (Å²) in [6.07, 6.45) is 0.410. The van der Waals surface area contributed by atoms with Crippen molar-refractivity contribution < 1.29 is 19.2 Å². The van der Waals surface area contributed by atoms with E-state index >= 15 is 0 Å². The molecular formula is C12H19N3O4. The summed E-state index contributed by atoms with van der Waals surface area (Å²) < 4.78 is 5.12. The molecule has 0 saturated heterocycles. The summed E-state index contributed by atoms with van der Waals surface area (Å²) in [5.41, 5.74) is -0.176. The topological polar surface area (TPSA) is 104 Å². The molecule has 2 amide bonds. The van der Waals surface area contributed by atoms with Crippen molar-refractivity contribution in [2.75, 3.05) is 11.9 Å². The Morgan fingerprint density at radius 1 is 1.42 bits per heavy atom. The van der Waals surface area contributed by atoms with Gasteiger partial charge in [-0.25, -0.2) is 4.79 Å². The van der Waals surface area contributed by atoms with E-state index in [1.165, 1.54) is 0 Å². The zero-order valence-electron chi connectivity index (χ0n) is 11.3. The highest BCUT2D eigenvalue weighted by Crippen LogP contribution is 2.24. The minimum absolute atomic E-state index is 0.0262. The third-order valence-corrected chi connectivity index (χ3v) is 2.34. The molecule has 0 saturated carbocycles. The predicted octanol–water partition coefficient (Wildman–Crippen LogP) is 1.96. The van der Waals surface area contributed by atoms with Gasteiger partial charge in [0.05, 0.1) is 0 Å². The van der Waals surface area contributed by atoms with Gasteiger partial charge in [0.1, 0.15) is 5.76 Å². The Bertz CT molecular complexity index is 448. The summed E-state index contributed by atoms with van der Waals surface area (Å²) in [4.78, 5) is 21.7. The Labute approximate surface area is 111 Å². The van der Waals surface area contributed by atoms with Gasteiger partial charge in [0.15, 0.2) is 5.82 Å². The lowest BCUT2D eigenvalue weighted by molar-refractivity contribution is -0.137. The largest absolute Gasteiger partial charge is 0.481 e. The first-order valence-corrected chi connectivity index (χ1v) is 6.03. The van der Waals surface area contributed by atoms with E-state index in [1.807, 2.05) is 20.8 Å². The molecule has 0 atom stereocenters. The van der Waals surface area contributed by atoms with Crippen molar-refractivity contribution in [3.63, 3.8) is 0 Å². The van der Waals surface area contributed by atoms with Crippen molar-refractivity contribution in [3.8, 4) is 0 Å². The van der Waals surface area contributed by atoms with Crippen LogP contribution < -0.4 is 10.6 Å². The van der Waals surface area contributed by atoms with Crippen LogP contribution in [0.1, 0.15) is 39.4 Å². The van der Waals surface area contributed by atoms with E-state index < -0.39 is 12.0 Å². The van der Waals surface area contributed by atoms with Gasteiger partial charge in [0, 0.05) is 24.4 Å². The van der Waals surface area contributed by atoms with Gasteiger partial charge in [-0.05, 0) is 6.42 Å². The molecule has 1 aromatic rings. The SMILES string of the molecule is CC(C)(C)c1cc(NC(=O)NCCCC(=O)O)no1. The number of anilines is 1. The van der Waals surface area contributed by atoms with Crippen LogP contribution in [0.25, 0.3) is 0 Å². The number of hydrogen-bond acceptors (Lipinski definition) is 4. The molecule has 106 valence electrons. The minimum Gasteiger partial charge on any atom is -0.481 e. The van der Waals surface area contributed by atoms with Gasteiger partial charge in [0.2, 0.25) is 0 Å². The van der Waals surface area contributed by atoms with Crippen molar-refractivity contribution in [3.05, 3.63) is 11.8 Å². The summed E-state index contributed by atoms with van der Waals surface area (Å²) in [5.74, 6) is 0.128. The second-order valence-electron chi connectivity index (χ2n) is 5.20. The Morgan fingerprint density at radius 3 is 2.63 bits per heavy atom. The summed E-state index contributed by atoms with van der Waals surface area (Å²) in [6.45, 7) is 6.22. The van der Waals surface area contributed by atoms with Gasteiger partial charge in [-0.15, -0.1) is 0 Å². The standard InChI is InChI=1S/C12H19N3O4/c1-12(2,3)8-7-9(15-19-8)14-11(18)13-6-4-5-10(16)17/h7H,4-6H2,1-3H3,(H,16,17)(H2,13,14,15,18). The number of hydrogen-bond donors (Lipinski definition) is 3. The van der Waals surface area contributed by atoms with E-state index in [4.69, 9.17) is 9.63 Å². The highest BCUT2D eigenvalue weighted by molar-refractivity contribution is 5.88. The number of carbonyl (C=O) groups excluding carboxylic acids is 1. The fraction of sp³-hybridized carbons (Fsp3) is 0.583. The number of carboxylic acids is 1. The number of urea groups is 1. The van der Waals surface area contributed by atoms with Crippen molar-refractivity contribution in [2.24, 2.45) is 0 Å². The van der Waals surface area contributed by atoms with E-state index in [0.29, 0.717) is 24.5 Å². The lowest BCUT2D eigenvalue weighted by atomic mass is 9.93. The number of nitrogens with zero attached hydrogens (tertiary/aromatic N) is 1. The molecule has 0 aliphatic heterocycles. The van der Waals surface area contributed by atoms with Crippen molar-refractivity contribution >= 4 is 17.8 Å². The Morgan fingerprint density at radius 2 is 2.11 bits per heavy atom. The maximum Gasteiger partial charge on any atom is 0.320 e. The lowest BCUT2D eigenvalue weighted by Crippen LogP contribution is -2.29. The van der Waals surface area contributed by atoms with Crippen molar-refractivity contribution in [2.45, 2.75) is 39.0 Å². The number of rotatable bonds is 5. The number of carboxylic acid groups (broad SMARTS) is 1. The van der Waals surface area contributed by atoms with Crippen LogP contribution in [0.3, 0.4) is 0 Å². The molecule has 1 heterocycles. The number of nitrogens with one attached hydrogen (secondary N) is 2. The van der Waals surface area contributed by atoms with E-state index in [-0.39, 0.29) is 11.8 Å². The first kappa shape index (κ1) is 15.0. The average molecular weight is 269 g/mol. The first-order chi connectivity index (χ1) is 8.79. The molecule has 0 aliphatic carbocycles. The number of aliphatic carboxylic acids is 1. The fourth-order valence-electron chi connectivity index (χ4n) is 1.29. The van der Waals surface area contributed by atoms with Gasteiger partial charge < -0.3 is 14.9 Å². The maximum absolute atomic E-state index is 11.5. The van der Waals surface area contributed by atoms with E-state index in [2.05, 4.69) is 15.8 Å². The highest BCUT2D eigenvalue weighted by Gasteiger charge is 2.20. The van der Waals surface area contributed by atoms with Crippen LogP contribution >= 0.6 is 0 Å². The molecule has 0 spiro atoms. The zero-order valence-corrected chi connectivity index (χ0v) is 11.3. The molecule has 7 nitrogen and oxygen atoms in total. The predicted molar refractivity (Wildman–Crippen MR) is 69.1 cm³/mol. The summed E-state index contributed by atoms with van der Waals surface area (Å²) in [5, 5.41) is 17.2. The van der Waals surface area contributed by atoms with Crippen LogP contribution in [0.4, 0.5) is 10.6 Å². The molecule has 1 rings (SSSR count). The molecule has 0 radical (unpaired) electrons. The number of amides is 2. The molecule has 0 aromatic carbocycles. The smallest absolute Gasteiger partial charge is 0.320 e. The summed E-state index contributed by atoms with van der Waals surface area (Å²) in [7, 11) is 0. The van der Waals surface area contributed by atoms with Crippen LogP contribution in [-0.2, 0) is 10.2 Å². The Kier molecular flexibility index (Phi) is 4.91. The van der Waals surface area contributed by atoms with E-state index in [9.17, 15) is 9.59 Å². The highest BCUT2D eigenvalue weighted by atomic mass is 16.5. The normalized spacial score (nSPS) is 11.1.